The third-order valence-corrected chi connectivity index (χ3v) is 5.43. The van der Waals surface area contributed by atoms with Gasteiger partial charge in [-0.25, -0.2) is 8.42 Å². The average molecular weight is 239 g/mol. The first kappa shape index (κ1) is 11.6. The molecule has 1 unspecified atom stereocenters. The highest BCUT2D eigenvalue weighted by Gasteiger charge is 2.29. The van der Waals surface area contributed by atoms with E-state index in [4.69, 9.17) is 0 Å². The molecule has 1 aromatic carbocycles. The van der Waals surface area contributed by atoms with Crippen LogP contribution in [0, 0.1) is 5.92 Å². The molecule has 0 aromatic heterocycles. The zero-order valence-corrected chi connectivity index (χ0v) is 10.2. The average Bonchev–Trinajstić information content (AvgIpc) is 2.24. The lowest BCUT2D eigenvalue weighted by molar-refractivity contribution is 0.378. The molecule has 0 aliphatic carbocycles. The fourth-order valence-electron chi connectivity index (χ4n) is 1.87. The Morgan fingerprint density at radius 3 is 2.44 bits per heavy atom. The maximum absolute atomic E-state index is 12.1. The van der Waals surface area contributed by atoms with Crippen LogP contribution in [0.3, 0.4) is 0 Å². The highest BCUT2D eigenvalue weighted by Crippen LogP contribution is 2.24. The molecular weight excluding hydrogens is 222 g/mol. The maximum Gasteiger partial charge on any atom is 0.157 e. The monoisotopic (exact) mass is 239 g/mol. The molecule has 0 radical (unpaired) electrons. The van der Waals surface area contributed by atoms with E-state index < -0.39 is 15.1 Å². The molecular formula is C12H17NO2S. The second kappa shape index (κ2) is 4.55. The molecule has 1 atom stereocenters. The zero-order valence-electron chi connectivity index (χ0n) is 9.39. The van der Waals surface area contributed by atoms with Gasteiger partial charge in [0, 0.05) is 13.1 Å². The summed E-state index contributed by atoms with van der Waals surface area (Å²) in [7, 11) is -3.01. The van der Waals surface area contributed by atoms with Gasteiger partial charge in [-0.15, -0.1) is 0 Å². The van der Waals surface area contributed by atoms with Crippen molar-refractivity contribution in [3.8, 4) is 0 Å². The summed E-state index contributed by atoms with van der Waals surface area (Å²) in [5.74, 6) is 0.604. The largest absolute Gasteiger partial charge is 0.316 e. The van der Waals surface area contributed by atoms with Crippen LogP contribution in [-0.2, 0) is 9.84 Å². The Morgan fingerprint density at radius 2 is 1.94 bits per heavy atom. The fraction of sp³-hybridized carbons (Fsp3) is 0.500. The van der Waals surface area contributed by atoms with Crippen LogP contribution < -0.4 is 5.32 Å². The number of rotatable bonds is 4. The van der Waals surface area contributed by atoms with Crippen LogP contribution in [0.1, 0.15) is 17.7 Å². The van der Waals surface area contributed by atoms with Crippen molar-refractivity contribution in [2.45, 2.75) is 12.2 Å². The Balaban J connectivity index is 2.11. The summed E-state index contributed by atoms with van der Waals surface area (Å²) in [6.07, 6.45) is 0. The summed E-state index contributed by atoms with van der Waals surface area (Å²) in [6.45, 7) is 3.44. The Labute approximate surface area is 96.8 Å². The van der Waals surface area contributed by atoms with Gasteiger partial charge >= 0.3 is 0 Å². The number of hydrogen-bond acceptors (Lipinski definition) is 3. The molecule has 1 aromatic rings. The molecule has 1 fully saturated rings. The van der Waals surface area contributed by atoms with Crippen molar-refractivity contribution in [1.82, 2.24) is 5.32 Å². The molecule has 0 saturated carbocycles. The lowest BCUT2D eigenvalue weighted by atomic mass is 10.1. The Bertz CT molecular complexity index is 437. The van der Waals surface area contributed by atoms with Gasteiger partial charge in [-0.3, -0.25) is 0 Å². The second-order valence-electron chi connectivity index (χ2n) is 4.41. The predicted octanol–water partition coefficient (Wildman–Crippen LogP) is 1.38. The van der Waals surface area contributed by atoms with Gasteiger partial charge in [0.1, 0.15) is 0 Å². The molecule has 1 aliphatic heterocycles. The molecule has 88 valence electrons. The first-order valence-electron chi connectivity index (χ1n) is 5.57. The topological polar surface area (TPSA) is 46.2 Å². The summed E-state index contributed by atoms with van der Waals surface area (Å²) in [4.78, 5) is 0. The van der Waals surface area contributed by atoms with Gasteiger partial charge in [0.25, 0.3) is 0 Å². The molecule has 3 nitrogen and oxygen atoms in total. The minimum atomic E-state index is -3.01. The molecule has 16 heavy (non-hydrogen) atoms. The van der Waals surface area contributed by atoms with E-state index in [9.17, 15) is 8.42 Å². The van der Waals surface area contributed by atoms with Crippen molar-refractivity contribution in [3.05, 3.63) is 35.9 Å². The van der Waals surface area contributed by atoms with E-state index >= 15 is 0 Å². The van der Waals surface area contributed by atoms with E-state index in [-0.39, 0.29) is 0 Å². The molecule has 1 N–H and O–H groups in total. The quantitative estimate of drug-likeness (QED) is 0.863. The van der Waals surface area contributed by atoms with Crippen molar-refractivity contribution in [3.63, 3.8) is 0 Å². The Hall–Kier alpha value is -0.870. The number of hydrogen-bond donors (Lipinski definition) is 1. The van der Waals surface area contributed by atoms with Crippen molar-refractivity contribution < 1.29 is 8.42 Å². The minimum absolute atomic E-state index is 0.302. The molecule has 1 saturated heterocycles. The van der Waals surface area contributed by atoms with E-state index in [1.54, 1.807) is 6.92 Å². The normalized spacial score (nSPS) is 19.1. The molecule has 2 rings (SSSR count). The van der Waals surface area contributed by atoms with Gasteiger partial charge in [-0.1, -0.05) is 30.3 Å². The predicted molar refractivity (Wildman–Crippen MR) is 65.0 cm³/mol. The highest BCUT2D eigenvalue weighted by atomic mass is 32.2. The van der Waals surface area contributed by atoms with E-state index in [1.165, 1.54) is 0 Å². The fourth-order valence-corrected chi connectivity index (χ4v) is 3.62. The summed E-state index contributed by atoms with van der Waals surface area (Å²) in [5.41, 5.74) is 0.884. The number of sulfone groups is 1. The molecule has 0 spiro atoms. The smallest absolute Gasteiger partial charge is 0.157 e. The first-order chi connectivity index (χ1) is 7.59. The van der Waals surface area contributed by atoms with Crippen LogP contribution in [0.25, 0.3) is 0 Å². The number of benzene rings is 1. The third kappa shape index (κ3) is 2.44. The van der Waals surface area contributed by atoms with Gasteiger partial charge in [0.05, 0.1) is 11.0 Å². The Morgan fingerprint density at radius 1 is 1.31 bits per heavy atom. The summed E-state index contributed by atoms with van der Waals surface area (Å²) in [5, 5.41) is 2.70. The van der Waals surface area contributed by atoms with E-state index in [0.29, 0.717) is 11.7 Å². The van der Waals surface area contributed by atoms with Crippen molar-refractivity contribution >= 4 is 9.84 Å². The highest BCUT2D eigenvalue weighted by molar-refractivity contribution is 7.91. The van der Waals surface area contributed by atoms with Crippen LogP contribution in [-0.4, -0.2) is 27.3 Å². The molecule has 4 heteroatoms. The van der Waals surface area contributed by atoms with E-state index in [2.05, 4.69) is 5.32 Å². The first-order valence-corrected chi connectivity index (χ1v) is 7.28. The van der Waals surface area contributed by atoms with E-state index in [1.807, 2.05) is 30.3 Å². The van der Waals surface area contributed by atoms with Gasteiger partial charge in [0.15, 0.2) is 9.84 Å². The molecule has 0 amide bonds. The summed E-state index contributed by atoms with van der Waals surface area (Å²) < 4.78 is 24.2. The van der Waals surface area contributed by atoms with Crippen molar-refractivity contribution in [2.75, 3.05) is 18.8 Å². The van der Waals surface area contributed by atoms with Crippen LogP contribution in [0.5, 0.6) is 0 Å². The van der Waals surface area contributed by atoms with Crippen LogP contribution >= 0.6 is 0 Å². The van der Waals surface area contributed by atoms with Crippen molar-refractivity contribution in [2.24, 2.45) is 5.92 Å². The van der Waals surface area contributed by atoms with Crippen LogP contribution in [0.15, 0.2) is 30.3 Å². The van der Waals surface area contributed by atoms with E-state index in [0.717, 1.165) is 18.7 Å². The third-order valence-electron chi connectivity index (χ3n) is 3.14. The van der Waals surface area contributed by atoms with Gasteiger partial charge in [-0.05, 0) is 18.4 Å². The lowest BCUT2D eigenvalue weighted by Crippen LogP contribution is -2.46. The molecule has 1 aliphatic rings. The number of nitrogens with one attached hydrogen (secondary N) is 1. The van der Waals surface area contributed by atoms with Crippen LogP contribution in [0.4, 0.5) is 0 Å². The second-order valence-corrected chi connectivity index (χ2v) is 6.77. The van der Waals surface area contributed by atoms with Gasteiger partial charge in [-0.2, -0.15) is 0 Å². The zero-order chi connectivity index (χ0) is 11.6. The standard InChI is InChI=1S/C12H17NO2S/c1-10(12-5-3-2-4-6-12)16(14,15)9-11-7-13-8-11/h2-6,10-11,13H,7-9H2,1H3. The Kier molecular flexibility index (Phi) is 3.30. The minimum Gasteiger partial charge on any atom is -0.316 e. The van der Waals surface area contributed by atoms with Gasteiger partial charge < -0.3 is 5.32 Å². The van der Waals surface area contributed by atoms with Crippen LogP contribution in [0.2, 0.25) is 0 Å². The lowest BCUT2D eigenvalue weighted by Gasteiger charge is -2.28. The maximum atomic E-state index is 12.1. The molecule has 1 heterocycles. The summed E-state index contributed by atoms with van der Waals surface area (Å²) in [6, 6.07) is 9.42. The van der Waals surface area contributed by atoms with Gasteiger partial charge in [0.2, 0.25) is 0 Å². The van der Waals surface area contributed by atoms with Crippen molar-refractivity contribution in [1.29, 1.82) is 0 Å². The SMILES string of the molecule is CC(c1ccccc1)S(=O)(=O)CC1CNC1. The summed E-state index contributed by atoms with van der Waals surface area (Å²) >= 11 is 0. The molecule has 0 bridgehead atoms.